The highest BCUT2D eigenvalue weighted by molar-refractivity contribution is 5.40. The van der Waals surface area contributed by atoms with Crippen LogP contribution in [0.5, 0.6) is 11.5 Å². The van der Waals surface area contributed by atoms with Gasteiger partial charge in [-0.25, -0.2) is 0 Å². The second-order valence-corrected chi connectivity index (χ2v) is 4.26. The fourth-order valence-electron chi connectivity index (χ4n) is 1.62. The van der Waals surface area contributed by atoms with Crippen LogP contribution in [0.25, 0.3) is 0 Å². The fourth-order valence-corrected chi connectivity index (χ4v) is 1.62. The average molecular weight is 221 g/mol. The first-order valence-corrected chi connectivity index (χ1v) is 5.78. The molecule has 1 aliphatic carbocycles. The summed E-state index contributed by atoms with van der Waals surface area (Å²) in [6.45, 7) is 1.66. The molecule has 0 unspecified atom stereocenters. The minimum absolute atomic E-state index is 0.772. The van der Waals surface area contributed by atoms with Gasteiger partial charge in [-0.2, -0.15) is 0 Å². The molecule has 2 rings (SSSR count). The normalized spacial score (nSPS) is 14.9. The van der Waals surface area contributed by atoms with Gasteiger partial charge in [0.15, 0.2) is 0 Å². The summed E-state index contributed by atoms with van der Waals surface area (Å²) in [5, 5.41) is 3.14. The smallest absolute Gasteiger partial charge is 0.127 e. The molecule has 88 valence electrons. The Kier molecular flexibility index (Phi) is 3.67. The third kappa shape index (κ3) is 2.89. The Balaban J connectivity index is 2.08. The maximum atomic E-state index is 5.84. The maximum Gasteiger partial charge on any atom is 0.127 e. The van der Waals surface area contributed by atoms with E-state index >= 15 is 0 Å². The largest absolute Gasteiger partial charge is 0.497 e. The Morgan fingerprint density at radius 3 is 2.81 bits per heavy atom. The molecule has 0 aromatic heterocycles. The Morgan fingerprint density at radius 2 is 2.19 bits per heavy atom. The van der Waals surface area contributed by atoms with E-state index in [1.165, 1.54) is 18.4 Å². The molecule has 3 heteroatoms. The molecule has 0 amide bonds. The molecule has 0 spiro atoms. The number of methoxy groups -OCH3 is 1. The fraction of sp³-hybridized carbons (Fsp3) is 0.538. The Morgan fingerprint density at radius 1 is 1.38 bits per heavy atom. The Hall–Kier alpha value is -1.22. The monoisotopic (exact) mass is 221 g/mol. The quantitative estimate of drug-likeness (QED) is 0.799. The molecule has 0 bridgehead atoms. The van der Waals surface area contributed by atoms with Crippen LogP contribution in [-0.2, 0) is 6.54 Å². The van der Waals surface area contributed by atoms with Crippen molar-refractivity contribution in [3.63, 3.8) is 0 Å². The van der Waals surface area contributed by atoms with Crippen LogP contribution >= 0.6 is 0 Å². The van der Waals surface area contributed by atoms with Gasteiger partial charge in [0.2, 0.25) is 0 Å². The first-order valence-electron chi connectivity index (χ1n) is 5.78. The minimum Gasteiger partial charge on any atom is -0.497 e. The highest BCUT2D eigenvalue weighted by Gasteiger charge is 2.22. The van der Waals surface area contributed by atoms with E-state index in [1.54, 1.807) is 7.11 Å². The number of hydrogen-bond donors (Lipinski definition) is 1. The van der Waals surface area contributed by atoms with Crippen LogP contribution in [0.4, 0.5) is 0 Å². The summed E-state index contributed by atoms with van der Waals surface area (Å²) in [5.74, 6) is 2.57. The maximum absolute atomic E-state index is 5.84. The van der Waals surface area contributed by atoms with Crippen molar-refractivity contribution in [2.45, 2.75) is 19.4 Å². The molecule has 1 aromatic carbocycles. The van der Waals surface area contributed by atoms with Crippen LogP contribution in [0, 0.1) is 5.92 Å². The van der Waals surface area contributed by atoms with E-state index < -0.39 is 0 Å². The number of rotatable bonds is 6. The zero-order chi connectivity index (χ0) is 11.4. The lowest BCUT2D eigenvalue weighted by Crippen LogP contribution is -2.08. The van der Waals surface area contributed by atoms with Crippen molar-refractivity contribution in [2.75, 3.05) is 20.8 Å². The number of hydrogen-bond acceptors (Lipinski definition) is 3. The van der Waals surface area contributed by atoms with Crippen LogP contribution in [-0.4, -0.2) is 20.8 Å². The Labute approximate surface area is 96.8 Å². The van der Waals surface area contributed by atoms with Crippen LogP contribution < -0.4 is 14.8 Å². The Bertz CT molecular complexity index is 348. The van der Waals surface area contributed by atoms with Crippen LogP contribution in [0.2, 0.25) is 0 Å². The van der Waals surface area contributed by atoms with Gasteiger partial charge in [-0.05, 0) is 31.9 Å². The minimum atomic E-state index is 0.772. The number of benzene rings is 1. The number of ether oxygens (including phenoxy) is 2. The molecule has 0 atom stereocenters. The summed E-state index contributed by atoms with van der Waals surface area (Å²) in [7, 11) is 3.62. The second kappa shape index (κ2) is 5.21. The van der Waals surface area contributed by atoms with Gasteiger partial charge in [-0.3, -0.25) is 0 Å². The standard InChI is InChI=1S/C13H19NO2/c1-14-8-11-5-6-12(15-2)7-13(11)16-9-10-3-4-10/h5-7,10,14H,3-4,8-9H2,1-2H3. The van der Waals surface area contributed by atoms with Gasteiger partial charge in [0.25, 0.3) is 0 Å². The topological polar surface area (TPSA) is 30.5 Å². The van der Waals surface area contributed by atoms with Gasteiger partial charge in [-0.15, -0.1) is 0 Å². The van der Waals surface area contributed by atoms with Crippen LogP contribution in [0.1, 0.15) is 18.4 Å². The lowest BCUT2D eigenvalue weighted by Gasteiger charge is -2.12. The van der Waals surface area contributed by atoms with E-state index in [9.17, 15) is 0 Å². The first kappa shape index (κ1) is 11.3. The van der Waals surface area contributed by atoms with Crippen molar-refractivity contribution in [2.24, 2.45) is 5.92 Å². The van der Waals surface area contributed by atoms with E-state index in [1.807, 2.05) is 19.2 Å². The molecule has 16 heavy (non-hydrogen) atoms. The predicted molar refractivity (Wildman–Crippen MR) is 64.0 cm³/mol. The lowest BCUT2D eigenvalue weighted by atomic mass is 10.2. The van der Waals surface area contributed by atoms with Crippen molar-refractivity contribution < 1.29 is 9.47 Å². The summed E-state index contributed by atoms with van der Waals surface area (Å²) in [6, 6.07) is 5.99. The highest BCUT2D eigenvalue weighted by Crippen LogP contribution is 2.31. The van der Waals surface area contributed by atoms with Crippen molar-refractivity contribution in [1.82, 2.24) is 5.32 Å². The third-order valence-electron chi connectivity index (χ3n) is 2.81. The third-order valence-corrected chi connectivity index (χ3v) is 2.81. The molecule has 0 heterocycles. The van der Waals surface area contributed by atoms with Crippen molar-refractivity contribution in [3.8, 4) is 11.5 Å². The zero-order valence-corrected chi connectivity index (χ0v) is 9.95. The van der Waals surface area contributed by atoms with Crippen molar-refractivity contribution in [3.05, 3.63) is 23.8 Å². The molecule has 1 aliphatic rings. The van der Waals surface area contributed by atoms with Crippen molar-refractivity contribution in [1.29, 1.82) is 0 Å². The van der Waals surface area contributed by atoms with Gasteiger partial charge in [0, 0.05) is 18.2 Å². The van der Waals surface area contributed by atoms with E-state index in [-0.39, 0.29) is 0 Å². The van der Waals surface area contributed by atoms with Crippen LogP contribution in [0.15, 0.2) is 18.2 Å². The van der Waals surface area contributed by atoms with Gasteiger partial charge in [-0.1, -0.05) is 6.07 Å². The number of nitrogens with one attached hydrogen (secondary N) is 1. The molecular weight excluding hydrogens is 202 g/mol. The van der Waals surface area contributed by atoms with Gasteiger partial charge in [0.1, 0.15) is 11.5 Å². The van der Waals surface area contributed by atoms with E-state index in [0.717, 1.165) is 30.6 Å². The summed E-state index contributed by atoms with van der Waals surface area (Å²) < 4.78 is 11.0. The summed E-state index contributed by atoms with van der Waals surface area (Å²) >= 11 is 0. The SMILES string of the molecule is CNCc1ccc(OC)cc1OCC1CC1. The van der Waals surface area contributed by atoms with E-state index in [0.29, 0.717) is 0 Å². The zero-order valence-electron chi connectivity index (χ0n) is 9.95. The predicted octanol–water partition coefficient (Wildman–Crippen LogP) is 2.20. The summed E-state index contributed by atoms with van der Waals surface area (Å²) in [4.78, 5) is 0. The van der Waals surface area contributed by atoms with E-state index in [4.69, 9.17) is 9.47 Å². The molecule has 0 radical (unpaired) electrons. The van der Waals surface area contributed by atoms with Crippen molar-refractivity contribution >= 4 is 0 Å². The summed E-state index contributed by atoms with van der Waals surface area (Å²) in [5.41, 5.74) is 1.18. The second-order valence-electron chi connectivity index (χ2n) is 4.26. The van der Waals surface area contributed by atoms with Gasteiger partial charge >= 0.3 is 0 Å². The molecule has 1 fully saturated rings. The highest BCUT2D eigenvalue weighted by atomic mass is 16.5. The molecule has 1 saturated carbocycles. The van der Waals surface area contributed by atoms with Gasteiger partial charge in [0.05, 0.1) is 13.7 Å². The molecular formula is C13H19NO2. The first-order chi connectivity index (χ1) is 7.83. The van der Waals surface area contributed by atoms with Crippen LogP contribution in [0.3, 0.4) is 0 Å². The molecule has 0 aliphatic heterocycles. The lowest BCUT2D eigenvalue weighted by molar-refractivity contribution is 0.294. The molecule has 3 nitrogen and oxygen atoms in total. The summed E-state index contributed by atoms with van der Waals surface area (Å²) in [6.07, 6.45) is 2.62. The van der Waals surface area contributed by atoms with E-state index in [2.05, 4.69) is 11.4 Å². The average Bonchev–Trinajstić information content (AvgIpc) is 3.12. The molecule has 1 N–H and O–H groups in total. The molecule has 1 aromatic rings. The molecule has 0 saturated heterocycles. The van der Waals surface area contributed by atoms with Gasteiger partial charge < -0.3 is 14.8 Å².